The minimum absolute atomic E-state index is 0.156. The zero-order valence-corrected chi connectivity index (χ0v) is 7.49. The number of aldehydes is 1. The van der Waals surface area contributed by atoms with E-state index in [1.807, 2.05) is 0 Å². The van der Waals surface area contributed by atoms with Gasteiger partial charge < -0.3 is 5.73 Å². The molecule has 0 saturated carbocycles. The Balaban J connectivity index is 3.42. The third-order valence-electron chi connectivity index (χ3n) is 1.59. The standard InChI is InChI=1S/C8H5ClF3NO/c9-6-2-4(3-14)1-5(7(6)13)8(10,11)12/h1-3H,13H2. The minimum atomic E-state index is -4.60. The van der Waals surface area contributed by atoms with Gasteiger partial charge in [0.1, 0.15) is 6.29 Å². The molecule has 1 aromatic rings. The molecule has 0 saturated heterocycles. The predicted molar refractivity (Wildman–Crippen MR) is 46.3 cm³/mol. The summed E-state index contributed by atoms with van der Waals surface area (Å²) >= 11 is 5.42. The van der Waals surface area contributed by atoms with E-state index in [-0.39, 0.29) is 16.9 Å². The molecule has 0 heterocycles. The quantitative estimate of drug-likeness (QED) is 0.588. The van der Waals surface area contributed by atoms with E-state index in [9.17, 15) is 18.0 Å². The molecule has 1 rings (SSSR count). The maximum absolute atomic E-state index is 12.3. The maximum atomic E-state index is 12.3. The van der Waals surface area contributed by atoms with Crippen molar-refractivity contribution >= 4 is 23.6 Å². The predicted octanol–water partition coefficient (Wildman–Crippen LogP) is 2.75. The van der Waals surface area contributed by atoms with E-state index in [4.69, 9.17) is 17.3 Å². The number of halogens is 4. The summed E-state index contributed by atoms with van der Waals surface area (Å²) in [7, 11) is 0. The number of nitrogen functional groups attached to an aromatic ring is 1. The lowest BCUT2D eigenvalue weighted by atomic mass is 10.1. The lowest BCUT2D eigenvalue weighted by Crippen LogP contribution is -2.10. The van der Waals surface area contributed by atoms with Crippen molar-refractivity contribution in [1.82, 2.24) is 0 Å². The van der Waals surface area contributed by atoms with Gasteiger partial charge in [-0.05, 0) is 12.1 Å². The van der Waals surface area contributed by atoms with Gasteiger partial charge in [0.05, 0.1) is 16.3 Å². The number of nitrogens with two attached hydrogens (primary N) is 1. The van der Waals surface area contributed by atoms with Crippen molar-refractivity contribution in [3.8, 4) is 0 Å². The van der Waals surface area contributed by atoms with Crippen molar-refractivity contribution in [3.05, 3.63) is 28.3 Å². The van der Waals surface area contributed by atoms with Crippen LogP contribution >= 0.6 is 11.6 Å². The molecule has 0 aliphatic heterocycles. The average molecular weight is 224 g/mol. The Hall–Kier alpha value is -1.23. The van der Waals surface area contributed by atoms with Crippen molar-refractivity contribution in [3.63, 3.8) is 0 Å². The van der Waals surface area contributed by atoms with Gasteiger partial charge >= 0.3 is 6.18 Å². The Bertz CT molecular complexity index is 376. The summed E-state index contributed by atoms with van der Waals surface area (Å²) < 4.78 is 36.9. The van der Waals surface area contributed by atoms with Crippen LogP contribution in [0.3, 0.4) is 0 Å². The highest BCUT2D eigenvalue weighted by atomic mass is 35.5. The van der Waals surface area contributed by atoms with Crippen LogP contribution in [-0.2, 0) is 6.18 Å². The third kappa shape index (κ3) is 1.98. The molecular weight excluding hydrogens is 219 g/mol. The van der Waals surface area contributed by atoms with Crippen molar-refractivity contribution < 1.29 is 18.0 Å². The van der Waals surface area contributed by atoms with E-state index >= 15 is 0 Å². The third-order valence-corrected chi connectivity index (χ3v) is 1.91. The van der Waals surface area contributed by atoms with E-state index in [0.29, 0.717) is 6.07 Å². The maximum Gasteiger partial charge on any atom is 0.418 e. The molecule has 0 spiro atoms. The number of hydrogen-bond donors (Lipinski definition) is 1. The van der Waals surface area contributed by atoms with Crippen LogP contribution < -0.4 is 5.73 Å². The van der Waals surface area contributed by atoms with E-state index in [2.05, 4.69) is 0 Å². The molecule has 76 valence electrons. The number of carbonyl (C=O) groups is 1. The topological polar surface area (TPSA) is 43.1 Å². The second-order valence-electron chi connectivity index (χ2n) is 2.58. The Labute approximate surface area is 82.5 Å². The number of carbonyl (C=O) groups excluding carboxylic acids is 1. The van der Waals surface area contributed by atoms with Gasteiger partial charge in [-0.15, -0.1) is 0 Å². The molecule has 2 N–H and O–H groups in total. The van der Waals surface area contributed by atoms with Gasteiger partial charge in [-0.1, -0.05) is 11.6 Å². The van der Waals surface area contributed by atoms with E-state index in [1.54, 1.807) is 0 Å². The SMILES string of the molecule is Nc1c(Cl)cc(C=O)cc1C(F)(F)F. The first-order valence-electron chi connectivity index (χ1n) is 3.47. The fourth-order valence-corrected chi connectivity index (χ4v) is 1.17. The molecule has 6 heteroatoms. The summed E-state index contributed by atoms with van der Waals surface area (Å²) in [6.07, 6.45) is -4.33. The van der Waals surface area contributed by atoms with Crippen molar-refractivity contribution in [1.29, 1.82) is 0 Å². The highest BCUT2D eigenvalue weighted by Gasteiger charge is 2.34. The van der Waals surface area contributed by atoms with Crippen LogP contribution in [0.4, 0.5) is 18.9 Å². The molecule has 0 aliphatic carbocycles. The molecule has 0 amide bonds. The second-order valence-corrected chi connectivity index (χ2v) is 2.99. The summed E-state index contributed by atoms with van der Waals surface area (Å²) in [5, 5.41) is -0.276. The van der Waals surface area contributed by atoms with E-state index < -0.39 is 17.4 Å². The number of anilines is 1. The molecule has 0 bridgehead atoms. The zero-order chi connectivity index (χ0) is 10.9. The van der Waals surface area contributed by atoms with Gasteiger partial charge in [-0.2, -0.15) is 13.2 Å². The first-order valence-corrected chi connectivity index (χ1v) is 3.85. The van der Waals surface area contributed by atoms with Crippen molar-refractivity contribution in [2.75, 3.05) is 5.73 Å². The monoisotopic (exact) mass is 223 g/mol. The Morgan fingerprint density at radius 2 is 1.93 bits per heavy atom. The number of hydrogen-bond acceptors (Lipinski definition) is 2. The normalized spacial score (nSPS) is 11.4. The highest BCUT2D eigenvalue weighted by molar-refractivity contribution is 6.33. The van der Waals surface area contributed by atoms with Crippen LogP contribution in [-0.4, -0.2) is 6.29 Å². The summed E-state index contributed by atoms with van der Waals surface area (Å²) in [5.74, 6) is 0. The molecule has 0 radical (unpaired) electrons. The highest BCUT2D eigenvalue weighted by Crippen LogP contribution is 2.37. The number of benzene rings is 1. The lowest BCUT2D eigenvalue weighted by molar-refractivity contribution is -0.136. The summed E-state index contributed by atoms with van der Waals surface area (Å²) in [6, 6.07) is 1.74. The van der Waals surface area contributed by atoms with Crippen LogP contribution in [0, 0.1) is 0 Å². The number of rotatable bonds is 1. The zero-order valence-electron chi connectivity index (χ0n) is 6.73. The van der Waals surface area contributed by atoms with Crippen molar-refractivity contribution in [2.24, 2.45) is 0 Å². The van der Waals surface area contributed by atoms with Crippen LogP contribution in [0.15, 0.2) is 12.1 Å². The van der Waals surface area contributed by atoms with E-state index in [1.165, 1.54) is 0 Å². The first-order chi connectivity index (χ1) is 6.36. The smallest absolute Gasteiger partial charge is 0.397 e. The fraction of sp³-hybridized carbons (Fsp3) is 0.125. The summed E-state index contributed by atoms with van der Waals surface area (Å²) in [5.41, 5.74) is 3.31. The molecule has 1 aromatic carbocycles. The summed E-state index contributed by atoms with van der Waals surface area (Å²) in [4.78, 5) is 10.3. The summed E-state index contributed by atoms with van der Waals surface area (Å²) in [6.45, 7) is 0. The lowest BCUT2D eigenvalue weighted by Gasteiger charge is -2.11. The first kappa shape index (κ1) is 10.8. The minimum Gasteiger partial charge on any atom is -0.397 e. The Morgan fingerprint density at radius 1 is 1.36 bits per heavy atom. The van der Waals surface area contributed by atoms with Gasteiger partial charge in [0, 0.05) is 5.56 Å². The van der Waals surface area contributed by atoms with Gasteiger partial charge in [0.15, 0.2) is 0 Å². The van der Waals surface area contributed by atoms with Gasteiger partial charge in [0.25, 0.3) is 0 Å². The molecule has 0 atom stereocenters. The van der Waals surface area contributed by atoms with Crippen LogP contribution in [0.2, 0.25) is 5.02 Å². The van der Waals surface area contributed by atoms with Crippen molar-refractivity contribution in [2.45, 2.75) is 6.18 Å². The number of alkyl halides is 3. The Morgan fingerprint density at radius 3 is 2.36 bits per heavy atom. The second kappa shape index (κ2) is 3.49. The molecular formula is C8H5ClF3NO. The molecule has 0 fully saturated rings. The Kier molecular flexibility index (Phi) is 2.71. The molecule has 0 aliphatic rings. The average Bonchev–Trinajstić information content (AvgIpc) is 2.07. The van der Waals surface area contributed by atoms with E-state index in [0.717, 1.165) is 6.07 Å². The fourth-order valence-electron chi connectivity index (χ4n) is 0.941. The van der Waals surface area contributed by atoms with Crippen LogP contribution in [0.1, 0.15) is 15.9 Å². The van der Waals surface area contributed by atoms with Gasteiger partial charge in [0.2, 0.25) is 0 Å². The molecule has 0 aromatic heterocycles. The van der Waals surface area contributed by atoms with Crippen LogP contribution in [0.25, 0.3) is 0 Å². The van der Waals surface area contributed by atoms with Gasteiger partial charge in [-0.3, -0.25) is 4.79 Å². The largest absolute Gasteiger partial charge is 0.418 e. The molecule has 2 nitrogen and oxygen atoms in total. The molecule has 0 unspecified atom stereocenters. The van der Waals surface area contributed by atoms with Gasteiger partial charge in [-0.25, -0.2) is 0 Å². The van der Waals surface area contributed by atoms with Crippen LogP contribution in [0.5, 0.6) is 0 Å². The molecule has 14 heavy (non-hydrogen) atoms.